The minimum atomic E-state index is -0.765. The first-order valence-corrected chi connectivity index (χ1v) is 12.6. The van der Waals surface area contributed by atoms with E-state index >= 15 is 0 Å². The zero-order valence-corrected chi connectivity index (χ0v) is 22.2. The molecule has 6 aliphatic heterocycles. The van der Waals surface area contributed by atoms with Gasteiger partial charge >= 0.3 is 0 Å². The summed E-state index contributed by atoms with van der Waals surface area (Å²) in [7, 11) is 0. The van der Waals surface area contributed by atoms with Crippen molar-refractivity contribution in [2.75, 3.05) is 13.2 Å². The van der Waals surface area contributed by atoms with Crippen LogP contribution in [0.4, 0.5) is 0 Å². The van der Waals surface area contributed by atoms with Crippen LogP contribution in [0.3, 0.4) is 0 Å². The number of aliphatic hydroxyl groups is 2. The molecule has 6 rings (SSSR count). The number of ether oxygens (including phenoxy) is 10. The second kappa shape index (κ2) is 9.04. The van der Waals surface area contributed by atoms with E-state index in [1.165, 1.54) is 0 Å². The van der Waals surface area contributed by atoms with Gasteiger partial charge in [-0.1, -0.05) is 0 Å². The molecule has 0 amide bonds. The van der Waals surface area contributed by atoms with Gasteiger partial charge in [0.15, 0.2) is 35.7 Å². The predicted octanol–water partition coefficient (Wildman–Crippen LogP) is 0.750. The number of fused-ring (bicyclic) bond motifs is 2. The van der Waals surface area contributed by atoms with Gasteiger partial charge in [0.05, 0.1) is 13.2 Å². The van der Waals surface area contributed by atoms with Gasteiger partial charge in [0, 0.05) is 0 Å². The maximum Gasteiger partial charge on any atom is 0.190 e. The highest BCUT2D eigenvalue weighted by Gasteiger charge is 2.59. The van der Waals surface area contributed by atoms with Gasteiger partial charge in [-0.25, -0.2) is 0 Å². The van der Waals surface area contributed by atoms with Crippen LogP contribution in [0.2, 0.25) is 0 Å². The summed E-state index contributed by atoms with van der Waals surface area (Å²) in [6.07, 6.45) is -5.06. The van der Waals surface area contributed by atoms with E-state index in [9.17, 15) is 10.2 Å². The Morgan fingerprint density at radius 1 is 0.472 bits per heavy atom. The Hall–Kier alpha value is -0.480. The fraction of sp³-hybridized carbons (Fsp3) is 1.00. The first kappa shape index (κ1) is 27.1. The summed E-state index contributed by atoms with van der Waals surface area (Å²) in [5.74, 6) is -2.69. The summed E-state index contributed by atoms with van der Waals surface area (Å²) in [5, 5.41) is 20.5. The second-order valence-electron chi connectivity index (χ2n) is 11.9. The lowest BCUT2D eigenvalue weighted by Gasteiger charge is -2.26. The summed E-state index contributed by atoms with van der Waals surface area (Å²) in [6.45, 7) is 15.4. The van der Waals surface area contributed by atoms with Gasteiger partial charge in [0.2, 0.25) is 0 Å². The predicted molar refractivity (Wildman–Crippen MR) is 119 cm³/mol. The Morgan fingerprint density at radius 3 is 1.11 bits per heavy atom. The van der Waals surface area contributed by atoms with E-state index in [-0.39, 0.29) is 12.2 Å². The van der Waals surface area contributed by atoms with Crippen molar-refractivity contribution in [1.82, 2.24) is 0 Å². The van der Waals surface area contributed by atoms with Crippen molar-refractivity contribution in [3.05, 3.63) is 0 Å². The molecule has 2 N–H and O–H groups in total. The number of rotatable bonds is 2. The molecule has 10 atom stereocenters. The van der Waals surface area contributed by atoms with Gasteiger partial charge < -0.3 is 57.6 Å². The molecule has 0 aliphatic carbocycles. The molecule has 0 spiro atoms. The molecule has 0 saturated carbocycles. The molecule has 0 radical (unpaired) electrons. The molecule has 0 aromatic heterocycles. The van der Waals surface area contributed by atoms with Crippen LogP contribution in [0.25, 0.3) is 0 Å². The molecule has 6 aliphatic rings. The fourth-order valence-electron chi connectivity index (χ4n) is 5.40. The number of hydrogen-bond donors (Lipinski definition) is 2. The first-order chi connectivity index (χ1) is 16.5. The van der Waals surface area contributed by atoms with Crippen molar-refractivity contribution in [2.24, 2.45) is 0 Å². The van der Waals surface area contributed by atoms with Crippen LogP contribution < -0.4 is 0 Å². The molecule has 12 nitrogen and oxygen atoms in total. The van der Waals surface area contributed by atoms with Crippen molar-refractivity contribution in [1.29, 1.82) is 0 Å². The Balaban J connectivity index is 0.000000148. The molecule has 6 heterocycles. The summed E-state index contributed by atoms with van der Waals surface area (Å²) >= 11 is 0. The summed E-state index contributed by atoms with van der Waals surface area (Å²) in [5.41, 5.74) is 0. The monoisotopic (exact) mass is 520 g/mol. The van der Waals surface area contributed by atoms with Crippen LogP contribution in [0.15, 0.2) is 0 Å². The molecule has 0 aromatic carbocycles. The molecule has 0 aromatic rings. The van der Waals surface area contributed by atoms with E-state index in [4.69, 9.17) is 47.4 Å². The largest absolute Gasteiger partial charge is 0.387 e. The molecule has 0 bridgehead atoms. The van der Waals surface area contributed by atoms with Gasteiger partial charge in [0.1, 0.15) is 48.8 Å². The van der Waals surface area contributed by atoms with Crippen molar-refractivity contribution < 1.29 is 57.6 Å². The molecule has 208 valence electrons. The maximum atomic E-state index is 10.3. The maximum absolute atomic E-state index is 10.3. The fourth-order valence-corrected chi connectivity index (χ4v) is 5.40. The molecular weight excluding hydrogens is 480 g/mol. The van der Waals surface area contributed by atoms with Crippen LogP contribution in [-0.2, 0) is 47.4 Å². The molecule has 6 fully saturated rings. The van der Waals surface area contributed by atoms with Crippen LogP contribution in [-0.4, -0.2) is 108 Å². The normalized spacial score (nSPS) is 49.5. The lowest BCUT2D eigenvalue weighted by molar-refractivity contribution is -0.232. The quantitative estimate of drug-likeness (QED) is 0.532. The van der Waals surface area contributed by atoms with Crippen molar-refractivity contribution in [3.8, 4) is 0 Å². The molecular formula is C24H40O12. The van der Waals surface area contributed by atoms with Crippen LogP contribution >= 0.6 is 0 Å². The number of hydrogen-bond acceptors (Lipinski definition) is 12. The van der Waals surface area contributed by atoms with Gasteiger partial charge in [-0.05, 0) is 55.4 Å². The van der Waals surface area contributed by atoms with Gasteiger partial charge in [-0.2, -0.15) is 0 Å². The summed E-state index contributed by atoms with van der Waals surface area (Å²) in [6, 6.07) is 0. The third-order valence-electron chi connectivity index (χ3n) is 6.90. The zero-order valence-electron chi connectivity index (χ0n) is 22.2. The van der Waals surface area contributed by atoms with E-state index < -0.39 is 72.4 Å². The minimum absolute atomic E-state index is 0.295. The highest BCUT2D eigenvalue weighted by atomic mass is 16.9. The SMILES string of the molecule is CC1(C)OCC([C@H]2O[C@@H]3OC(C)(C)OC3[C@@H]2O)O1.CC1(C)OCC([C@H]2O[C@@H]3OC(C)(C)OC3[C@H]2O)O1. The topological polar surface area (TPSA) is 133 Å². The van der Waals surface area contributed by atoms with E-state index in [1.807, 2.05) is 27.7 Å². The van der Waals surface area contributed by atoms with Crippen molar-refractivity contribution >= 4 is 0 Å². The molecule has 36 heavy (non-hydrogen) atoms. The van der Waals surface area contributed by atoms with Gasteiger partial charge in [-0.15, -0.1) is 0 Å². The highest BCUT2D eigenvalue weighted by Crippen LogP contribution is 2.42. The second-order valence-corrected chi connectivity index (χ2v) is 11.9. The average molecular weight is 521 g/mol. The molecule has 6 saturated heterocycles. The van der Waals surface area contributed by atoms with Gasteiger partial charge in [0.25, 0.3) is 0 Å². The third-order valence-corrected chi connectivity index (χ3v) is 6.90. The lowest BCUT2D eigenvalue weighted by atomic mass is 10.1. The standard InChI is InChI=1S/2C12H20O6/c2*1-11(2)14-5-6(16-11)8-7(13)9-10(15-8)18-12(3,4)17-9/h2*6-10,13H,5H2,1-4H3/t6?,7-,8+,9?,10+;6?,7-,8-,9?,10-/m01/s1. The zero-order chi connectivity index (χ0) is 26.3. The van der Waals surface area contributed by atoms with Crippen LogP contribution in [0, 0.1) is 0 Å². The van der Waals surface area contributed by atoms with E-state index in [2.05, 4.69) is 0 Å². The van der Waals surface area contributed by atoms with Crippen molar-refractivity contribution in [2.45, 2.75) is 140 Å². The Morgan fingerprint density at radius 2 is 0.833 bits per heavy atom. The molecule has 12 heteroatoms. The highest BCUT2D eigenvalue weighted by molar-refractivity contribution is 4.98. The Bertz CT molecular complexity index is 749. The minimum Gasteiger partial charge on any atom is -0.387 e. The van der Waals surface area contributed by atoms with E-state index in [1.54, 1.807) is 27.7 Å². The first-order valence-electron chi connectivity index (χ1n) is 12.6. The van der Waals surface area contributed by atoms with E-state index in [0.29, 0.717) is 13.2 Å². The van der Waals surface area contributed by atoms with Crippen LogP contribution in [0.1, 0.15) is 55.4 Å². The Labute approximate surface area is 211 Å². The Kier molecular flexibility index (Phi) is 6.80. The third kappa shape index (κ3) is 5.33. The summed E-state index contributed by atoms with van der Waals surface area (Å²) in [4.78, 5) is 0. The van der Waals surface area contributed by atoms with Crippen molar-refractivity contribution in [3.63, 3.8) is 0 Å². The van der Waals surface area contributed by atoms with Gasteiger partial charge in [-0.3, -0.25) is 0 Å². The lowest BCUT2D eigenvalue weighted by Crippen LogP contribution is -2.42. The summed E-state index contributed by atoms with van der Waals surface area (Å²) < 4.78 is 56.2. The molecule has 4 unspecified atom stereocenters. The average Bonchev–Trinajstić information content (AvgIpc) is 3.53. The van der Waals surface area contributed by atoms with E-state index in [0.717, 1.165) is 0 Å². The smallest absolute Gasteiger partial charge is 0.190 e. The van der Waals surface area contributed by atoms with Crippen LogP contribution in [0.5, 0.6) is 0 Å². The number of aliphatic hydroxyl groups excluding tert-OH is 2.